The fourth-order valence-corrected chi connectivity index (χ4v) is 1.28. The summed E-state index contributed by atoms with van der Waals surface area (Å²) < 4.78 is 36.8. The summed E-state index contributed by atoms with van der Waals surface area (Å²) >= 11 is 0. The van der Waals surface area contributed by atoms with Crippen LogP contribution in [0.4, 0.5) is 13.2 Å². The number of hydrogen-bond donors (Lipinski definition) is 2. The summed E-state index contributed by atoms with van der Waals surface area (Å²) in [5, 5.41) is 14.3. The lowest BCUT2D eigenvalue weighted by molar-refractivity contribution is -0.192. The van der Waals surface area contributed by atoms with Crippen LogP contribution in [0.1, 0.15) is 17.0 Å². The molecule has 0 radical (unpaired) electrons. The van der Waals surface area contributed by atoms with E-state index in [-0.39, 0.29) is 0 Å². The van der Waals surface area contributed by atoms with E-state index in [9.17, 15) is 13.2 Å². The molecule has 0 unspecified atom stereocenters. The van der Waals surface area contributed by atoms with Gasteiger partial charge in [-0.1, -0.05) is 5.16 Å². The van der Waals surface area contributed by atoms with Gasteiger partial charge in [0.1, 0.15) is 5.76 Å². The van der Waals surface area contributed by atoms with Crippen LogP contribution in [-0.4, -0.2) is 29.0 Å². The molecule has 0 saturated carbocycles. The van der Waals surface area contributed by atoms with E-state index in [0.29, 0.717) is 0 Å². The summed E-state index contributed by atoms with van der Waals surface area (Å²) in [5.41, 5.74) is 2.39. The normalized spacial score (nSPS) is 14.6. The van der Waals surface area contributed by atoms with Crippen molar-refractivity contribution >= 4 is 5.97 Å². The van der Waals surface area contributed by atoms with E-state index in [1.165, 1.54) is 5.56 Å². The SMILES string of the molecule is Cc1onc2c1CNCC2.O=C(O)C(F)(F)F. The van der Waals surface area contributed by atoms with Crippen LogP contribution in [-0.2, 0) is 17.8 Å². The minimum Gasteiger partial charge on any atom is -0.475 e. The van der Waals surface area contributed by atoms with Crippen LogP contribution in [0.25, 0.3) is 0 Å². The summed E-state index contributed by atoms with van der Waals surface area (Å²) in [5.74, 6) is -1.80. The first-order valence-electron chi connectivity index (χ1n) is 4.77. The number of hydrogen-bond acceptors (Lipinski definition) is 4. The maximum Gasteiger partial charge on any atom is 0.490 e. The van der Waals surface area contributed by atoms with Crippen molar-refractivity contribution in [1.29, 1.82) is 0 Å². The van der Waals surface area contributed by atoms with Crippen LogP contribution in [0.2, 0.25) is 0 Å². The van der Waals surface area contributed by atoms with Gasteiger partial charge in [0.25, 0.3) is 0 Å². The number of rotatable bonds is 0. The number of fused-ring (bicyclic) bond motifs is 1. The summed E-state index contributed by atoms with van der Waals surface area (Å²) in [6, 6.07) is 0. The molecule has 2 N–H and O–H groups in total. The molecule has 0 aromatic carbocycles. The maximum atomic E-state index is 10.6. The fraction of sp³-hybridized carbons (Fsp3) is 0.556. The number of halogens is 3. The second-order valence-electron chi connectivity index (χ2n) is 3.39. The molecule has 5 nitrogen and oxygen atoms in total. The zero-order valence-electron chi connectivity index (χ0n) is 8.97. The van der Waals surface area contributed by atoms with Gasteiger partial charge in [-0.15, -0.1) is 0 Å². The Balaban J connectivity index is 0.000000185. The van der Waals surface area contributed by atoms with Crippen LogP contribution in [0, 0.1) is 6.92 Å². The first-order valence-corrected chi connectivity index (χ1v) is 4.77. The van der Waals surface area contributed by atoms with Gasteiger partial charge in [0.2, 0.25) is 0 Å². The van der Waals surface area contributed by atoms with Gasteiger partial charge in [-0.3, -0.25) is 0 Å². The van der Waals surface area contributed by atoms with Crippen molar-refractivity contribution in [2.45, 2.75) is 26.1 Å². The Morgan fingerprint density at radius 1 is 1.53 bits per heavy atom. The number of carboxylic acid groups (broad SMARTS) is 1. The zero-order valence-corrected chi connectivity index (χ0v) is 8.97. The van der Waals surface area contributed by atoms with Gasteiger partial charge in [0.15, 0.2) is 0 Å². The molecule has 8 heteroatoms. The first-order chi connectivity index (χ1) is 7.82. The predicted octanol–water partition coefficient (Wildman–Crippen LogP) is 1.26. The van der Waals surface area contributed by atoms with E-state index < -0.39 is 12.1 Å². The van der Waals surface area contributed by atoms with Crippen LogP contribution >= 0.6 is 0 Å². The van der Waals surface area contributed by atoms with Crippen molar-refractivity contribution in [2.75, 3.05) is 6.54 Å². The maximum absolute atomic E-state index is 10.6. The van der Waals surface area contributed by atoms with Crippen LogP contribution in [0.5, 0.6) is 0 Å². The van der Waals surface area contributed by atoms with E-state index in [1.807, 2.05) is 6.92 Å². The molecule has 1 aromatic heterocycles. The van der Waals surface area contributed by atoms with Crippen molar-refractivity contribution in [2.24, 2.45) is 0 Å². The number of aryl methyl sites for hydroxylation is 1. The molecule has 2 heterocycles. The van der Waals surface area contributed by atoms with Gasteiger partial charge in [0, 0.05) is 25.1 Å². The molecule has 1 aromatic rings. The molecule has 0 aliphatic carbocycles. The average molecular weight is 252 g/mol. The van der Waals surface area contributed by atoms with Crippen molar-refractivity contribution in [1.82, 2.24) is 10.5 Å². The molecule has 2 rings (SSSR count). The standard InChI is InChI=1S/C7H10N2O.C2HF3O2/c1-5-6-4-8-3-2-7(6)9-10-5;3-2(4,5)1(6)7/h8H,2-4H2,1H3;(H,6,7). The minimum atomic E-state index is -5.08. The van der Waals surface area contributed by atoms with Gasteiger partial charge in [-0.05, 0) is 6.92 Å². The number of carboxylic acids is 1. The summed E-state index contributed by atoms with van der Waals surface area (Å²) in [7, 11) is 0. The molecule has 0 fully saturated rings. The van der Waals surface area contributed by atoms with Crippen LogP contribution in [0.15, 0.2) is 4.52 Å². The Morgan fingerprint density at radius 2 is 2.12 bits per heavy atom. The minimum absolute atomic E-state index is 0.921. The topological polar surface area (TPSA) is 75.4 Å². The predicted molar refractivity (Wildman–Crippen MR) is 50.3 cm³/mol. The number of alkyl halides is 3. The zero-order chi connectivity index (χ0) is 13.1. The summed E-state index contributed by atoms with van der Waals surface area (Å²) in [4.78, 5) is 8.90. The molecule has 0 saturated heterocycles. The van der Waals surface area contributed by atoms with E-state index >= 15 is 0 Å². The number of aromatic nitrogens is 1. The Labute approximate surface area is 94.6 Å². The highest BCUT2D eigenvalue weighted by Gasteiger charge is 2.38. The Kier molecular flexibility index (Phi) is 4.11. The largest absolute Gasteiger partial charge is 0.490 e. The van der Waals surface area contributed by atoms with Gasteiger partial charge < -0.3 is 14.9 Å². The number of carbonyl (C=O) groups is 1. The molecule has 0 spiro atoms. The van der Waals surface area contributed by atoms with Crippen molar-refractivity contribution < 1.29 is 27.6 Å². The van der Waals surface area contributed by atoms with Gasteiger partial charge in [-0.2, -0.15) is 13.2 Å². The van der Waals surface area contributed by atoms with Crippen LogP contribution < -0.4 is 5.32 Å². The Hall–Kier alpha value is -1.57. The highest BCUT2D eigenvalue weighted by molar-refractivity contribution is 5.73. The fourth-order valence-electron chi connectivity index (χ4n) is 1.28. The molecule has 1 aliphatic rings. The van der Waals surface area contributed by atoms with Crippen molar-refractivity contribution in [3.8, 4) is 0 Å². The van der Waals surface area contributed by atoms with Gasteiger partial charge in [-0.25, -0.2) is 4.79 Å². The number of nitrogens with one attached hydrogen (secondary N) is 1. The third-order valence-electron chi connectivity index (χ3n) is 2.15. The second kappa shape index (κ2) is 5.17. The number of nitrogens with zero attached hydrogens (tertiary/aromatic N) is 1. The van der Waals surface area contributed by atoms with E-state index in [1.54, 1.807) is 0 Å². The molecule has 96 valence electrons. The number of aliphatic carboxylic acids is 1. The average Bonchev–Trinajstić information content (AvgIpc) is 2.61. The lowest BCUT2D eigenvalue weighted by atomic mass is 10.1. The summed E-state index contributed by atoms with van der Waals surface area (Å²) in [6.07, 6.45) is -4.08. The molecule has 0 atom stereocenters. The lowest BCUT2D eigenvalue weighted by Crippen LogP contribution is -2.23. The molecule has 1 aliphatic heterocycles. The highest BCUT2D eigenvalue weighted by Crippen LogP contribution is 2.15. The van der Waals surface area contributed by atoms with Crippen LogP contribution in [0.3, 0.4) is 0 Å². The third kappa shape index (κ3) is 3.74. The molecule has 17 heavy (non-hydrogen) atoms. The first kappa shape index (κ1) is 13.5. The molecule has 0 amide bonds. The lowest BCUT2D eigenvalue weighted by Gasteiger charge is -2.09. The molecular formula is C9H11F3N2O3. The Bertz CT molecular complexity index is 401. The Morgan fingerprint density at radius 3 is 2.59 bits per heavy atom. The van der Waals surface area contributed by atoms with Gasteiger partial charge in [0.05, 0.1) is 5.69 Å². The van der Waals surface area contributed by atoms with E-state index in [2.05, 4.69) is 10.5 Å². The van der Waals surface area contributed by atoms with Crippen molar-refractivity contribution in [3.63, 3.8) is 0 Å². The molecule has 0 bridgehead atoms. The summed E-state index contributed by atoms with van der Waals surface area (Å²) in [6.45, 7) is 3.91. The highest BCUT2D eigenvalue weighted by atomic mass is 19.4. The quantitative estimate of drug-likeness (QED) is 0.727. The monoisotopic (exact) mass is 252 g/mol. The van der Waals surface area contributed by atoms with E-state index in [0.717, 1.165) is 31.0 Å². The third-order valence-corrected chi connectivity index (χ3v) is 2.15. The second-order valence-corrected chi connectivity index (χ2v) is 3.39. The van der Waals surface area contributed by atoms with Gasteiger partial charge >= 0.3 is 12.1 Å². The van der Waals surface area contributed by atoms with E-state index in [4.69, 9.17) is 14.4 Å². The molecular weight excluding hydrogens is 241 g/mol. The van der Waals surface area contributed by atoms with Crippen molar-refractivity contribution in [3.05, 3.63) is 17.0 Å². The smallest absolute Gasteiger partial charge is 0.475 e.